The highest BCUT2D eigenvalue weighted by Gasteiger charge is 2.35. The van der Waals surface area contributed by atoms with E-state index in [0.29, 0.717) is 24.6 Å². The number of nitrogens with one attached hydrogen (secondary N) is 1. The van der Waals surface area contributed by atoms with Gasteiger partial charge in [0.15, 0.2) is 0 Å². The Hall–Kier alpha value is -3.20. The summed E-state index contributed by atoms with van der Waals surface area (Å²) in [6.07, 6.45) is 0.0995. The number of hydrogen-bond donors (Lipinski definition) is 1. The van der Waals surface area contributed by atoms with Gasteiger partial charge in [0.25, 0.3) is 11.8 Å². The van der Waals surface area contributed by atoms with Crippen molar-refractivity contribution in [2.75, 3.05) is 13.1 Å². The molecule has 1 atom stereocenters. The standard InChI is InChI=1S/C28H28F3N3O2S/c1-17-10-11-20(15-22(17)28(29,30)31)25(35)32-16-21-9-5-6-14-34(21)27(36)23-24(18-7-3-2-4-8-18)37-26(33-23)19-12-13-19/h2-4,7-8,10-11,15,19,21H,5-6,9,12-14,16H2,1H3,(H,32,35). The van der Waals surface area contributed by atoms with Crippen LogP contribution in [0.1, 0.15) is 75.0 Å². The highest BCUT2D eigenvalue weighted by molar-refractivity contribution is 7.15. The molecule has 1 aliphatic heterocycles. The average Bonchev–Trinajstić information content (AvgIpc) is 3.65. The number of halogens is 3. The van der Waals surface area contributed by atoms with E-state index in [1.165, 1.54) is 19.1 Å². The maximum Gasteiger partial charge on any atom is 0.416 e. The lowest BCUT2D eigenvalue weighted by atomic mass is 10.0. The van der Waals surface area contributed by atoms with Gasteiger partial charge in [-0.3, -0.25) is 9.59 Å². The Morgan fingerprint density at radius 2 is 1.84 bits per heavy atom. The van der Waals surface area contributed by atoms with Crippen molar-refractivity contribution >= 4 is 23.2 Å². The molecule has 2 heterocycles. The van der Waals surface area contributed by atoms with Crippen molar-refractivity contribution in [1.82, 2.24) is 15.2 Å². The number of hydrogen-bond acceptors (Lipinski definition) is 4. The summed E-state index contributed by atoms with van der Waals surface area (Å²) in [5.41, 5.74) is 0.599. The second kappa shape index (κ2) is 10.3. The molecule has 194 valence electrons. The minimum atomic E-state index is -4.53. The van der Waals surface area contributed by atoms with Crippen molar-refractivity contribution in [2.24, 2.45) is 0 Å². The summed E-state index contributed by atoms with van der Waals surface area (Å²) in [4.78, 5) is 34.0. The third-order valence-corrected chi connectivity index (χ3v) is 8.27. The van der Waals surface area contributed by atoms with Crippen LogP contribution in [0.15, 0.2) is 48.5 Å². The summed E-state index contributed by atoms with van der Waals surface area (Å²) >= 11 is 1.58. The molecule has 1 saturated carbocycles. The SMILES string of the molecule is Cc1ccc(C(=O)NCC2CCCCN2C(=O)c2nc(C3CC3)sc2-c2ccccc2)cc1C(F)(F)F. The molecule has 2 aromatic carbocycles. The maximum atomic E-state index is 13.8. The van der Waals surface area contributed by atoms with Gasteiger partial charge in [0.05, 0.1) is 15.4 Å². The number of benzene rings is 2. The third kappa shape index (κ3) is 5.56. The lowest BCUT2D eigenvalue weighted by molar-refractivity contribution is -0.138. The molecule has 2 fully saturated rings. The van der Waals surface area contributed by atoms with Gasteiger partial charge >= 0.3 is 6.18 Å². The molecular weight excluding hydrogens is 499 g/mol. The summed E-state index contributed by atoms with van der Waals surface area (Å²) in [7, 11) is 0. The van der Waals surface area contributed by atoms with Gasteiger partial charge in [-0.15, -0.1) is 11.3 Å². The van der Waals surface area contributed by atoms with Crippen LogP contribution in [0, 0.1) is 6.92 Å². The van der Waals surface area contributed by atoms with E-state index in [1.54, 1.807) is 16.2 Å². The van der Waals surface area contributed by atoms with Crippen molar-refractivity contribution in [2.45, 2.75) is 57.2 Å². The first-order chi connectivity index (χ1) is 17.7. The fraction of sp³-hybridized carbons (Fsp3) is 0.393. The maximum absolute atomic E-state index is 13.8. The number of aromatic nitrogens is 1. The van der Waals surface area contributed by atoms with Crippen LogP contribution in [-0.2, 0) is 6.18 Å². The Bertz CT molecular complexity index is 1300. The first-order valence-electron chi connectivity index (χ1n) is 12.6. The zero-order chi connectivity index (χ0) is 26.2. The number of carbonyl (C=O) groups is 2. The molecule has 3 aromatic rings. The first-order valence-corrected chi connectivity index (χ1v) is 13.4. The van der Waals surface area contributed by atoms with Crippen LogP contribution in [0.2, 0.25) is 0 Å². The predicted molar refractivity (Wildman–Crippen MR) is 137 cm³/mol. The first kappa shape index (κ1) is 25.4. The van der Waals surface area contributed by atoms with Gasteiger partial charge in [0.2, 0.25) is 0 Å². The predicted octanol–water partition coefficient (Wildman–Crippen LogP) is 6.44. The second-order valence-corrected chi connectivity index (χ2v) is 10.8. The molecule has 0 spiro atoms. The van der Waals surface area contributed by atoms with Crippen LogP contribution in [-0.4, -0.2) is 40.8 Å². The Morgan fingerprint density at radius 3 is 2.54 bits per heavy atom. The third-order valence-electron chi connectivity index (χ3n) is 7.00. The van der Waals surface area contributed by atoms with E-state index in [4.69, 9.17) is 4.98 Å². The lowest BCUT2D eigenvalue weighted by Crippen LogP contribution is -2.49. The van der Waals surface area contributed by atoms with Crippen LogP contribution >= 0.6 is 11.3 Å². The molecule has 0 bridgehead atoms. The average molecular weight is 528 g/mol. The van der Waals surface area contributed by atoms with Crippen molar-refractivity contribution in [3.8, 4) is 10.4 Å². The molecule has 2 aliphatic rings. The van der Waals surface area contributed by atoms with Crippen LogP contribution in [0.4, 0.5) is 13.2 Å². The molecule has 1 aromatic heterocycles. The van der Waals surface area contributed by atoms with Crippen molar-refractivity contribution < 1.29 is 22.8 Å². The van der Waals surface area contributed by atoms with Crippen molar-refractivity contribution in [1.29, 1.82) is 0 Å². The van der Waals surface area contributed by atoms with Crippen LogP contribution in [0.25, 0.3) is 10.4 Å². The van der Waals surface area contributed by atoms with Gasteiger partial charge in [-0.25, -0.2) is 4.98 Å². The zero-order valence-electron chi connectivity index (χ0n) is 20.5. The van der Waals surface area contributed by atoms with E-state index in [1.807, 2.05) is 30.3 Å². The molecule has 1 saturated heterocycles. The summed E-state index contributed by atoms with van der Waals surface area (Å²) in [6.45, 7) is 2.08. The topological polar surface area (TPSA) is 62.3 Å². The second-order valence-electron chi connectivity index (χ2n) is 9.76. The highest BCUT2D eigenvalue weighted by Crippen LogP contribution is 2.45. The molecule has 0 radical (unpaired) electrons. The van der Waals surface area contributed by atoms with E-state index in [9.17, 15) is 22.8 Å². The summed E-state index contributed by atoms with van der Waals surface area (Å²) in [5.74, 6) is -0.324. The summed E-state index contributed by atoms with van der Waals surface area (Å²) in [5, 5.41) is 3.75. The molecule has 1 aliphatic carbocycles. The molecule has 9 heteroatoms. The van der Waals surface area contributed by atoms with Gasteiger partial charge < -0.3 is 10.2 Å². The van der Waals surface area contributed by atoms with E-state index in [0.717, 1.165) is 47.2 Å². The van der Waals surface area contributed by atoms with Gasteiger partial charge in [0, 0.05) is 30.6 Å². The molecule has 5 nitrogen and oxygen atoms in total. The number of thiazole rings is 1. The number of carbonyl (C=O) groups excluding carboxylic acids is 2. The normalized spacial score (nSPS) is 18.1. The van der Waals surface area contributed by atoms with Crippen LogP contribution in [0.3, 0.4) is 0 Å². The smallest absolute Gasteiger partial charge is 0.350 e. The van der Waals surface area contributed by atoms with E-state index >= 15 is 0 Å². The largest absolute Gasteiger partial charge is 0.416 e. The van der Waals surface area contributed by atoms with Gasteiger partial charge in [-0.2, -0.15) is 13.2 Å². The molecule has 5 rings (SSSR count). The van der Waals surface area contributed by atoms with Gasteiger partial charge in [-0.05, 0) is 62.3 Å². The number of rotatable bonds is 6. The molecular formula is C28H28F3N3O2S. The van der Waals surface area contributed by atoms with Crippen LogP contribution in [0.5, 0.6) is 0 Å². The minimum Gasteiger partial charge on any atom is -0.350 e. The minimum absolute atomic E-state index is 0.0495. The Labute approximate surface area is 217 Å². The van der Waals surface area contributed by atoms with E-state index in [2.05, 4.69) is 5.32 Å². The van der Waals surface area contributed by atoms with Crippen LogP contribution < -0.4 is 5.32 Å². The van der Waals surface area contributed by atoms with Gasteiger partial charge in [-0.1, -0.05) is 36.4 Å². The fourth-order valence-corrected chi connectivity index (χ4v) is 6.00. The van der Waals surface area contributed by atoms with Gasteiger partial charge in [0.1, 0.15) is 5.69 Å². The Balaban J connectivity index is 1.34. The molecule has 37 heavy (non-hydrogen) atoms. The molecule has 1 N–H and O–H groups in total. The van der Waals surface area contributed by atoms with E-state index in [-0.39, 0.29) is 29.6 Å². The molecule has 1 unspecified atom stereocenters. The lowest BCUT2D eigenvalue weighted by Gasteiger charge is -2.35. The molecule has 2 amide bonds. The number of amides is 2. The number of alkyl halides is 3. The van der Waals surface area contributed by atoms with Crippen molar-refractivity contribution in [3.63, 3.8) is 0 Å². The zero-order valence-corrected chi connectivity index (χ0v) is 21.3. The Morgan fingerprint density at radius 1 is 1.08 bits per heavy atom. The summed E-state index contributed by atoms with van der Waals surface area (Å²) in [6, 6.07) is 13.1. The fourth-order valence-electron chi connectivity index (χ4n) is 4.77. The number of aryl methyl sites for hydroxylation is 1. The van der Waals surface area contributed by atoms with Crippen molar-refractivity contribution in [3.05, 3.63) is 75.9 Å². The monoisotopic (exact) mass is 527 g/mol. The number of nitrogens with zero attached hydrogens (tertiary/aromatic N) is 2. The number of likely N-dealkylation sites (tertiary alicyclic amines) is 1. The number of piperidine rings is 1. The Kier molecular flexibility index (Phi) is 7.07. The summed E-state index contributed by atoms with van der Waals surface area (Å²) < 4.78 is 39.9. The highest BCUT2D eigenvalue weighted by atomic mass is 32.1. The van der Waals surface area contributed by atoms with E-state index < -0.39 is 17.6 Å². The quantitative estimate of drug-likeness (QED) is 0.401.